The summed E-state index contributed by atoms with van der Waals surface area (Å²) in [6.07, 6.45) is 1.62. The molecule has 1 aromatic rings. The Bertz CT molecular complexity index is 453. The Morgan fingerprint density at radius 2 is 2.06 bits per heavy atom. The summed E-state index contributed by atoms with van der Waals surface area (Å²) in [4.78, 5) is 21.3. The molecule has 0 aliphatic rings. The third-order valence-electron chi connectivity index (χ3n) is 2.04. The van der Waals surface area contributed by atoms with Crippen LogP contribution in [-0.4, -0.2) is 23.3 Å². The number of non-ortho nitro benzene ring substituents is 1. The molecule has 0 aliphatic carbocycles. The predicted molar refractivity (Wildman–Crippen MR) is 66.9 cm³/mol. The molecule has 6 heteroatoms. The Labute approximate surface area is 106 Å². The summed E-state index contributed by atoms with van der Waals surface area (Å²) in [5, 5.41) is 10.8. The summed E-state index contributed by atoms with van der Waals surface area (Å²) in [6, 6.07) is 5.91. The highest BCUT2D eigenvalue weighted by molar-refractivity contribution is 9.09. The van der Waals surface area contributed by atoms with Gasteiger partial charge in [0.1, 0.15) is 0 Å². The fourth-order valence-electron chi connectivity index (χ4n) is 1.18. The van der Waals surface area contributed by atoms with E-state index in [9.17, 15) is 14.9 Å². The highest BCUT2D eigenvalue weighted by Gasteiger charge is 2.08. The Balaban J connectivity index is 2.97. The van der Waals surface area contributed by atoms with Crippen LogP contribution in [-0.2, 0) is 9.53 Å². The van der Waals surface area contributed by atoms with Crippen LogP contribution in [0, 0.1) is 10.1 Å². The minimum Gasteiger partial charge on any atom is -0.466 e. The number of halogens is 1. The van der Waals surface area contributed by atoms with Crippen molar-refractivity contribution in [2.24, 2.45) is 0 Å². The van der Waals surface area contributed by atoms with Gasteiger partial charge in [-0.15, -0.1) is 0 Å². The number of benzene rings is 1. The van der Waals surface area contributed by atoms with E-state index in [0.29, 0.717) is 16.5 Å². The minimum atomic E-state index is -0.473. The number of ether oxygens (including phenoxy) is 1. The Kier molecular flexibility index (Phi) is 4.84. The van der Waals surface area contributed by atoms with Crippen LogP contribution in [0.2, 0.25) is 0 Å². The lowest BCUT2D eigenvalue weighted by Crippen LogP contribution is -2.05. The van der Waals surface area contributed by atoms with Gasteiger partial charge in [0.2, 0.25) is 0 Å². The van der Waals surface area contributed by atoms with Crippen LogP contribution >= 0.6 is 15.9 Å². The molecule has 0 bridgehead atoms. The fourth-order valence-corrected chi connectivity index (χ4v) is 1.57. The molecule has 0 radical (unpaired) electrons. The van der Waals surface area contributed by atoms with E-state index < -0.39 is 10.9 Å². The zero-order chi connectivity index (χ0) is 12.8. The van der Waals surface area contributed by atoms with Gasteiger partial charge in [-0.25, -0.2) is 4.79 Å². The second kappa shape index (κ2) is 6.15. The molecule has 0 saturated carbocycles. The van der Waals surface area contributed by atoms with Crippen molar-refractivity contribution in [1.29, 1.82) is 0 Å². The molecule has 1 rings (SSSR count). The monoisotopic (exact) mass is 299 g/mol. The lowest BCUT2D eigenvalue weighted by Gasteiger charge is -2.01. The summed E-state index contributed by atoms with van der Waals surface area (Å²) in [5.41, 5.74) is 1.16. The van der Waals surface area contributed by atoms with Crippen LogP contribution in [0.4, 0.5) is 5.69 Å². The van der Waals surface area contributed by atoms with Crippen molar-refractivity contribution in [3.05, 3.63) is 45.5 Å². The topological polar surface area (TPSA) is 69.4 Å². The first-order valence-corrected chi connectivity index (χ1v) is 5.80. The van der Waals surface area contributed by atoms with E-state index in [1.807, 2.05) is 0 Å². The lowest BCUT2D eigenvalue weighted by molar-refractivity contribution is -0.384. The zero-order valence-corrected chi connectivity index (χ0v) is 10.6. The largest absolute Gasteiger partial charge is 0.466 e. The van der Waals surface area contributed by atoms with E-state index in [-0.39, 0.29) is 5.69 Å². The molecule has 0 saturated heterocycles. The molecule has 0 fully saturated rings. The molecular weight excluding hydrogens is 290 g/mol. The fraction of sp³-hybridized carbons (Fsp3) is 0.182. The molecule has 0 unspecified atom stereocenters. The van der Waals surface area contributed by atoms with Gasteiger partial charge >= 0.3 is 5.97 Å². The van der Waals surface area contributed by atoms with E-state index >= 15 is 0 Å². The Hall–Kier alpha value is -1.69. The number of esters is 1. The summed E-state index contributed by atoms with van der Waals surface area (Å²) >= 11 is 3.18. The molecule has 0 aromatic heterocycles. The number of methoxy groups -OCH3 is 1. The Morgan fingerprint density at radius 3 is 2.47 bits per heavy atom. The first-order chi connectivity index (χ1) is 8.08. The number of nitrogens with zero attached hydrogens (tertiary/aromatic N) is 1. The molecular formula is C11H10BrNO4. The van der Waals surface area contributed by atoms with Crippen LogP contribution in [0.5, 0.6) is 0 Å². The minimum absolute atomic E-state index is 0.0145. The van der Waals surface area contributed by atoms with E-state index in [2.05, 4.69) is 20.7 Å². The average molecular weight is 300 g/mol. The second-order valence-corrected chi connectivity index (χ2v) is 3.70. The lowest BCUT2D eigenvalue weighted by atomic mass is 10.1. The van der Waals surface area contributed by atoms with Gasteiger partial charge in [0, 0.05) is 23.0 Å². The molecule has 0 N–H and O–H groups in total. The van der Waals surface area contributed by atoms with Gasteiger partial charge in [0.25, 0.3) is 5.69 Å². The number of carbonyl (C=O) groups excluding carboxylic acids is 1. The van der Waals surface area contributed by atoms with E-state index in [4.69, 9.17) is 0 Å². The second-order valence-electron chi connectivity index (χ2n) is 3.14. The summed E-state index contributed by atoms with van der Waals surface area (Å²) < 4.78 is 4.59. The summed E-state index contributed by atoms with van der Waals surface area (Å²) in [5.74, 6) is -0.430. The highest BCUT2D eigenvalue weighted by atomic mass is 79.9. The van der Waals surface area contributed by atoms with Crippen molar-refractivity contribution in [2.45, 2.75) is 0 Å². The van der Waals surface area contributed by atoms with Crippen LogP contribution in [0.1, 0.15) is 5.56 Å². The third kappa shape index (κ3) is 3.67. The SMILES string of the molecule is COC(=O)/C(=C/c1ccc([N+](=O)[O-])cc1)CBr. The maximum atomic E-state index is 11.3. The number of nitro groups is 1. The average Bonchev–Trinajstić information content (AvgIpc) is 2.35. The van der Waals surface area contributed by atoms with Crippen LogP contribution in [0.25, 0.3) is 6.08 Å². The molecule has 0 spiro atoms. The van der Waals surface area contributed by atoms with Gasteiger partial charge in [0.15, 0.2) is 0 Å². The van der Waals surface area contributed by atoms with Crippen LogP contribution < -0.4 is 0 Å². The van der Waals surface area contributed by atoms with Gasteiger partial charge in [-0.1, -0.05) is 15.9 Å². The summed E-state index contributed by atoms with van der Waals surface area (Å²) in [7, 11) is 1.30. The first-order valence-electron chi connectivity index (χ1n) is 4.67. The van der Waals surface area contributed by atoms with Crippen molar-refractivity contribution >= 4 is 33.7 Å². The van der Waals surface area contributed by atoms with E-state index in [1.165, 1.54) is 19.2 Å². The van der Waals surface area contributed by atoms with Gasteiger partial charge in [-0.05, 0) is 23.8 Å². The maximum absolute atomic E-state index is 11.3. The van der Waals surface area contributed by atoms with Crippen molar-refractivity contribution in [3.63, 3.8) is 0 Å². The highest BCUT2D eigenvalue weighted by Crippen LogP contribution is 2.15. The maximum Gasteiger partial charge on any atom is 0.334 e. The van der Waals surface area contributed by atoms with E-state index in [0.717, 1.165) is 0 Å². The number of nitro benzene ring substituents is 1. The van der Waals surface area contributed by atoms with Crippen molar-refractivity contribution < 1.29 is 14.5 Å². The van der Waals surface area contributed by atoms with Gasteiger partial charge < -0.3 is 4.74 Å². The molecule has 90 valence electrons. The van der Waals surface area contributed by atoms with Crippen molar-refractivity contribution in [2.75, 3.05) is 12.4 Å². The quantitative estimate of drug-likeness (QED) is 0.282. The zero-order valence-electron chi connectivity index (χ0n) is 9.05. The number of rotatable bonds is 4. The van der Waals surface area contributed by atoms with Gasteiger partial charge in [-0.2, -0.15) is 0 Å². The van der Waals surface area contributed by atoms with Crippen LogP contribution in [0.15, 0.2) is 29.8 Å². The molecule has 17 heavy (non-hydrogen) atoms. The smallest absolute Gasteiger partial charge is 0.334 e. The summed E-state index contributed by atoms with van der Waals surface area (Å²) in [6.45, 7) is 0. The molecule has 0 aliphatic heterocycles. The third-order valence-corrected chi connectivity index (χ3v) is 2.64. The molecule has 0 amide bonds. The number of hydrogen-bond donors (Lipinski definition) is 0. The van der Waals surface area contributed by atoms with Crippen molar-refractivity contribution in [3.8, 4) is 0 Å². The van der Waals surface area contributed by atoms with Crippen molar-refractivity contribution in [1.82, 2.24) is 0 Å². The van der Waals surface area contributed by atoms with E-state index in [1.54, 1.807) is 18.2 Å². The first kappa shape index (κ1) is 13.4. The van der Waals surface area contributed by atoms with Gasteiger partial charge in [0.05, 0.1) is 12.0 Å². The normalized spacial score (nSPS) is 11.1. The molecule has 0 atom stereocenters. The Morgan fingerprint density at radius 1 is 1.47 bits per heavy atom. The van der Waals surface area contributed by atoms with Gasteiger partial charge in [-0.3, -0.25) is 10.1 Å². The number of hydrogen-bond acceptors (Lipinski definition) is 4. The number of alkyl halides is 1. The van der Waals surface area contributed by atoms with Crippen LogP contribution in [0.3, 0.4) is 0 Å². The molecule has 0 heterocycles. The number of carbonyl (C=O) groups is 1. The molecule has 1 aromatic carbocycles. The standard InChI is InChI=1S/C11H10BrNO4/c1-17-11(14)9(7-12)6-8-2-4-10(5-3-8)13(15)16/h2-6H,7H2,1H3/b9-6+. The predicted octanol–water partition coefficient (Wildman–Crippen LogP) is 2.55. The molecule has 5 nitrogen and oxygen atoms in total.